The zero-order chi connectivity index (χ0) is 14.0. The van der Waals surface area contributed by atoms with E-state index in [1.165, 1.54) is 12.1 Å². The highest BCUT2D eigenvalue weighted by Gasteiger charge is 2.29. The summed E-state index contributed by atoms with van der Waals surface area (Å²) < 4.78 is 36.0. The number of hydrogen-bond donors (Lipinski definition) is 1. The third-order valence-corrected chi connectivity index (χ3v) is 5.59. The lowest BCUT2D eigenvalue weighted by atomic mass is 9.93. The van der Waals surface area contributed by atoms with Gasteiger partial charge in [0.1, 0.15) is 5.82 Å². The van der Waals surface area contributed by atoms with E-state index >= 15 is 0 Å². The fraction of sp³-hybridized carbons (Fsp3) is 0.571. The molecule has 2 rings (SSSR count). The molecule has 0 spiro atoms. The first-order valence-corrected chi connectivity index (χ1v) is 8.39. The predicted molar refractivity (Wildman–Crippen MR) is 74.2 cm³/mol. The van der Waals surface area contributed by atoms with Gasteiger partial charge in [-0.25, -0.2) is 12.8 Å². The highest BCUT2D eigenvalue weighted by molar-refractivity contribution is 7.91. The average molecular weight is 285 g/mol. The van der Waals surface area contributed by atoms with Crippen molar-refractivity contribution in [3.63, 3.8) is 0 Å². The molecule has 0 bridgehead atoms. The Labute approximate surface area is 113 Å². The Morgan fingerprint density at radius 2 is 2.21 bits per heavy atom. The molecule has 19 heavy (non-hydrogen) atoms. The molecule has 1 fully saturated rings. The van der Waals surface area contributed by atoms with Crippen LogP contribution in [0.1, 0.15) is 24.0 Å². The Morgan fingerprint density at radius 3 is 2.84 bits per heavy atom. The molecule has 1 aliphatic rings. The van der Waals surface area contributed by atoms with Gasteiger partial charge in [-0.1, -0.05) is 6.07 Å². The van der Waals surface area contributed by atoms with E-state index in [1.807, 2.05) is 6.92 Å². The molecule has 2 atom stereocenters. The van der Waals surface area contributed by atoms with E-state index in [-0.39, 0.29) is 29.3 Å². The van der Waals surface area contributed by atoms with Gasteiger partial charge < -0.3 is 5.73 Å². The second-order valence-electron chi connectivity index (χ2n) is 5.54. The SMILES string of the molecule is Cc1ccc(F)cc1CC(N)CC1CCS(=O)(=O)C1. The van der Waals surface area contributed by atoms with Gasteiger partial charge in [0.05, 0.1) is 11.5 Å². The molecule has 0 radical (unpaired) electrons. The van der Waals surface area contributed by atoms with E-state index in [1.54, 1.807) is 6.07 Å². The van der Waals surface area contributed by atoms with Crippen LogP contribution < -0.4 is 5.73 Å². The molecule has 2 unspecified atom stereocenters. The van der Waals surface area contributed by atoms with E-state index in [2.05, 4.69) is 0 Å². The Balaban J connectivity index is 1.94. The molecular formula is C14H20FNO2S. The molecule has 0 saturated carbocycles. The van der Waals surface area contributed by atoms with E-state index < -0.39 is 9.84 Å². The average Bonchev–Trinajstić information content (AvgIpc) is 2.63. The number of benzene rings is 1. The van der Waals surface area contributed by atoms with Crippen molar-refractivity contribution in [2.24, 2.45) is 11.7 Å². The number of sulfone groups is 1. The first-order chi connectivity index (χ1) is 8.85. The molecule has 1 aromatic carbocycles. The first kappa shape index (κ1) is 14.5. The summed E-state index contributed by atoms with van der Waals surface area (Å²) in [5.74, 6) is 0.441. The quantitative estimate of drug-likeness (QED) is 0.918. The van der Waals surface area contributed by atoms with Crippen molar-refractivity contribution in [1.82, 2.24) is 0 Å². The molecule has 1 heterocycles. The summed E-state index contributed by atoms with van der Waals surface area (Å²) in [6, 6.07) is 4.59. The summed E-state index contributed by atoms with van der Waals surface area (Å²) in [7, 11) is -2.84. The number of aryl methyl sites for hydroxylation is 1. The molecule has 1 aliphatic heterocycles. The standard InChI is InChI=1S/C14H20FNO2S/c1-10-2-3-13(15)7-12(10)8-14(16)6-11-4-5-19(17,18)9-11/h2-3,7,11,14H,4-6,8-9,16H2,1H3. The van der Waals surface area contributed by atoms with Gasteiger partial charge in [0.15, 0.2) is 9.84 Å². The zero-order valence-electron chi connectivity index (χ0n) is 11.1. The highest BCUT2D eigenvalue weighted by atomic mass is 32.2. The zero-order valence-corrected chi connectivity index (χ0v) is 11.9. The number of rotatable bonds is 4. The van der Waals surface area contributed by atoms with Crippen LogP contribution in [0, 0.1) is 18.7 Å². The maximum Gasteiger partial charge on any atom is 0.150 e. The number of halogens is 1. The van der Waals surface area contributed by atoms with E-state index in [9.17, 15) is 12.8 Å². The summed E-state index contributed by atoms with van der Waals surface area (Å²) in [5, 5.41) is 0. The molecule has 3 nitrogen and oxygen atoms in total. The Hall–Kier alpha value is -0.940. The third-order valence-electron chi connectivity index (χ3n) is 3.76. The van der Waals surface area contributed by atoms with Crippen molar-refractivity contribution in [1.29, 1.82) is 0 Å². The van der Waals surface area contributed by atoms with Crippen molar-refractivity contribution < 1.29 is 12.8 Å². The Morgan fingerprint density at radius 1 is 1.47 bits per heavy atom. The van der Waals surface area contributed by atoms with Gasteiger partial charge >= 0.3 is 0 Å². The van der Waals surface area contributed by atoms with Crippen molar-refractivity contribution in [3.05, 3.63) is 35.1 Å². The Bertz CT molecular complexity index is 557. The normalized spacial score (nSPS) is 23.4. The van der Waals surface area contributed by atoms with Crippen LogP contribution in [0.5, 0.6) is 0 Å². The van der Waals surface area contributed by atoms with Crippen molar-refractivity contribution >= 4 is 9.84 Å². The Kier molecular flexibility index (Phi) is 4.26. The molecule has 0 aromatic heterocycles. The number of nitrogens with two attached hydrogens (primary N) is 1. The molecule has 0 amide bonds. The fourth-order valence-corrected chi connectivity index (χ4v) is 4.59. The molecule has 0 aliphatic carbocycles. The van der Waals surface area contributed by atoms with Crippen molar-refractivity contribution in [2.75, 3.05) is 11.5 Å². The van der Waals surface area contributed by atoms with Gasteiger partial charge in [0.2, 0.25) is 0 Å². The van der Waals surface area contributed by atoms with Gasteiger partial charge in [-0.05, 0) is 55.4 Å². The second-order valence-corrected chi connectivity index (χ2v) is 7.77. The van der Waals surface area contributed by atoms with Gasteiger partial charge in [0.25, 0.3) is 0 Å². The minimum atomic E-state index is -2.84. The van der Waals surface area contributed by atoms with Crippen LogP contribution in [-0.2, 0) is 16.3 Å². The van der Waals surface area contributed by atoms with E-state index in [0.717, 1.165) is 11.1 Å². The summed E-state index contributed by atoms with van der Waals surface area (Å²) in [6.07, 6.45) is 1.99. The lowest BCUT2D eigenvalue weighted by Crippen LogP contribution is -2.27. The summed E-state index contributed by atoms with van der Waals surface area (Å²) in [6.45, 7) is 1.93. The maximum atomic E-state index is 13.2. The van der Waals surface area contributed by atoms with Crippen molar-refractivity contribution in [3.8, 4) is 0 Å². The minimum absolute atomic E-state index is 0.112. The molecule has 2 N–H and O–H groups in total. The molecule has 1 saturated heterocycles. The van der Waals surface area contributed by atoms with Crippen molar-refractivity contribution in [2.45, 2.75) is 32.2 Å². The minimum Gasteiger partial charge on any atom is -0.327 e. The third kappa shape index (κ3) is 4.01. The van der Waals surface area contributed by atoms with Gasteiger partial charge in [-0.15, -0.1) is 0 Å². The van der Waals surface area contributed by atoms with Crippen LogP contribution in [0.2, 0.25) is 0 Å². The monoisotopic (exact) mass is 285 g/mol. The lowest BCUT2D eigenvalue weighted by Gasteiger charge is -2.16. The van der Waals surface area contributed by atoms with E-state index in [4.69, 9.17) is 5.73 Å². The molecule has 106 valence electrons. The topological polar surface area (TPSA) is 60.2 Å². The van der Waals surface area contributed by atoms with Crippen LogP contribution in [-0.4, -0.2) is 26.0 Å². The molecule has 1 aromatic rings. The summed E-state index contributed by atoms with van der Waals surface area (Å²) in [5.41, 5.74) is 8.01. The smallest absolute Gasteiger partial charge is 0.150 e. The van der Waals surface area contributed by atoms with Crippen LogP contribution in [0.15, 0.2) is 18.2 Å². The van der Waals surface area contributed by atoms with Gasteiger partial charge in [0, 0.05) is 6.04 Å². The second kappa shape index (κ2) is 5.59. The lowest BCUT2D eigenvalue weighted by molar-refractivity contribution is 0.467. The van der Waals surface area contributed by atoms with Gasteiger partial charge in [-0.2, -0.15) is 0 Å². The molecule has 5 heteroatoms. The van der Waals surface area contributed by atoms with Crippen LogP contribution >= 0.6 is 0 Å². The first-order valence-electron chi connectivity index (χ1n) is 6.57. The summed E-state index contributed by atoms with van der Waals surface area (Å²) >= 11 is 0. The van der Waals surface area contributed by atoms with Gasteiger partial charge in [-0.3, -0.25) is 0 Å². The predicted octanol–water partition coefficient (Wildman–Crippen LogP) is 1.83. The maximum absolute atomic E-state index is 13.2. The largest absolute Gasteiger partial charge is 0.327 e. The van der Waals surface area contributed by atoms with E-state index in [0.29, 0.717) is 19.3 Å². The number of hydrogen-bond acceptors (Lipinski definition) is 3. The van der Waals surface area contributed by atoms with Crippen LogP contribution in [0.4, 0.5) is 4.39 Å². The van der Waals surface area contributed by atoms with Crippen LogP contribution in [0.25, 0.3) is 0 Å². The summed E-state index contributed by atoms with van der Waals surface area (Å²) in [4.78, 5) is 0. The molecular weight excluding hydrogens is 265 g/mol. The highest BCUT2D eigenvalue weighted by Crippen LogP contribution is 2.24. The van der Waals surface area contributed by atoms with Crippen LogP contribution in [0.3, 0.4) is 0 Å². The fourth-order valence-electron chi connectivity index (χ4n) is 2.71.